The number of hydrogen-bond donors (Lipinski definition) is 5. The molecule has 5 N–H and O–H groups in total. The minimum absolute atomic E-state index is 0.105. The van der Waals surface area contributed by atoms with Crippen LogP contribution in [-0.2, 0) is 19.2 Å². The SMILES string of the molecule is NC(CCC(=O)NC(CS)C(=O)N(CC(=O)O)C(=O)c1ccccc1)C(=O)O. The van der Waals surface area contributed by atoms with E-state index in [1.807, 2.05) is 0 Å². The van der Waals surface area contributed by atoms with Crippen molar-refractivity contribution >= 4 is 42.3 Å². The normalized spacial score (nSPS) is 12.5. The molecule has 0 bridgehead atoms. The maximum Gasteiger partial charge on any atom is 0.323 e. The standard InChI is InChI=1S/C17H21N3O7S/c18-11(17(26)27)6-7-13(21)19-12(9-28)16(25)20(8-14(22)23)15(24)10-4-2-1-3-5-10/h1-5,11-12,28H,6-9,18H2,(H,19,21)(H,22,23)(H,26,27). The largest absolute Gasteiger partial charge is 0.480 e. The minimum atomic E-state index is -1.41. The van der Waals surface area contributed by atoms with Gasteiger partial charge in [0.2, 0.25) is 5.91 Å². The number of imide groups is 1. The quantitative estimate of drug-likeness (QED) is 0.317. The third-order valence-corrected chi connectivity index (χ3v) is 4.01. The third kappa shape index (κ3) is 7.00. The first-order valence-corrected chi connectivity index (χ1v) is 8.81. The van der Waals surface area contributed by atoms with Gasteiger partial charge >= 0.3 is 11.9 Å². The molecule has 152 valence electrons. The van der Waals surface area contributed by atoms with E-state index in [0.29, 0.717) is 4.90 Å². The molecule has 11 heteroatoms. The monoisotopic (exact) mass is 411 g/mol. The van der Waals surface area contributed by atoms with Crippen molar-refractivity contribution in [1.82, 2.24) is 10.2 Å². The Kier molecular flexibility index (Phi) is 9.12. The summed E-state index contributed by atoms with van der Waals surface area (Å²) in [6.45, 7) is -0.892. The molecule has 1 aromatic carbocycles. The zero-order valence-electron chi connectivity index (χ0n) is 14.8. The summed E-state index contributed by atoms with van der Waals surface area (Å²) >= 11 is 3.97. The smallest absolute Gasteiger partial charge is 0.323 e. The zero-order chi connectivity index (χ0) is 21.3. The van der Waals surface area contributed by atoms with E-state index >= 15 is 0 Å². The van der Waals surface area contributed by atoms with E-state index in [2.05, 4.69) is 17.9 Å². The Morgan fingerprint density at radius 2 is 1.71 bits per heavy atom. The zero-order valence-corrected chi connectivity index (χ0v) is 15.7. The van der Waals surface area contributed by atoms with E-state index < -0.39 is 48.3 Å². The van der Waals surface area contributed by atoms with Crippen LogP contribution < -0.4 is 11.1 Å². The van der Waals surface area contributed by atoms with Crippen LogP contribution in [0.15, 0.2) is 30.3 Å². The molecule has 0 spiro atoms. The van der Waals surface area contributed by atoms with E-state index in [1.54, 1.807) is 18.2 Å². The summed E-state index contributed by atoms with van der Waals surface area (Å²) in [5, 5.41) is 20.1. The molecule has 0 saturated heterocycles. The van der Waals surface area contributed by atoms with Gasteiger partial charge in [-0.1, -0.05) is 18.2 Å². The summed E-state index contributed by atoms with van der Waals surface area (Å²) in [6.07, 6.45) is -0.424. The highest BCUT2D eigenvalue weighted by atomic mass is 32.1. The lowest BCUT2D eigenvalue weighted by Gasteiger charge is -2.24. The Balaban J connectivity index is 2.89. The van der Waals surface area contributed by atoms with Gasteiger partial charge in [0, 0.05) is 17.7 Å². The minimum Gasteiger partial charge on any atom is -0.480 e. The molecule has 0 aliphatic rings. The summed E-state index contributed by atoms with van der Waals surface area (Å²) in [6, 6.07) is 5.10. The maximum atomic E-state index is 12.7. The number of aliphatic carboxylic acids is 2. The van der Waals surface area contributed by atoms with Crippen molar-refractivity contribution in [2.45, 2.75) is 24.9 Å². The lowest BCUT2D eigenvalue weighted by atomic mass is 10.1. The van der Waals surface area contributed by atoms with Gasteiger partial charge in [0.15, 0.2) is 0 Å². The summed E-state index contributed by atoms with van der Waals surface area (Å²) in [7, 11) is 0. The number of benzene rings is 1. The van der Waals surface area contributed by atoms with Gasteiger partial charge in [-0.2, -0.15) is 12.6 Å². The van der Waals surface area contributed by atoms with E-state index in [0.717, 1.165) is 0 Å². The first kappa shape index (κ1) is 23.1. The maximum absolute atomic E-state index is 12.7. The molecule has 0 radical (unpaired) electrons. The molecular formula is C17H21N3O7S. The highest BCUT2D eigenvalue weighted by Gasteiger charge is 2.31. The molecular weight excluding hydrogens is 390 g/mol. The van der Waals surface area contributed by atoms with Crippen LogP contribution in [0.1, 0.15) is 23.2 Å². The molecule has 2 atom stereocenters. The number of thiol groups is 1. The molecule has 0 heterocycles. The van der Waals surface area contributed by atoms with Gasteiger partial charge < -0.3 is 21.3 Å². The van der Waals surface area contributed by atoms with Gasteiger partial charge in [-0.3, -0.25) is 28.9 Å². The highest BCUT2D eigenvalue weighted by molar-refractivity contribution is 7.80. The van der Waals surface area contributed by atoms with Crippen molar-refractivity contribution in [3.05, 3.63) is 35.9 Å². The molecule has 28 heavy (non-hydrogen) atoms. The van der Waals surface area contributed by atoms with E-state index in [-0.39, 0.29) is 24.2 Å². The van der Waals surface area contributed by atoms with Crippen LogP contribution in [0, 0.1) is 0 Å². The summed E-state index contributed by atoms with van der Waals surface area (Å²) in [5.74, 6) is -5.33. The van der Waals surface area contributed by atoms with Gasteiger partial charge in [0.1, 0.15) is 18.6 Å². The van der Waals surface area contributed by atoms with Crippen LogP contribution in [0.4, 0.5) is 0 Å². The molecule has 2 unspecified atom stereocenters. The molecule has 0 saturated carbocycles. The van der Waals surface area contributed by atoms with E-state index in [9.17, 15) is 24.0 Å². The van der Waals surface area contributed by atoms with E-state index in [4.69, 9.17) is 15.9 Å². The van der Waals surface area contributed by atoms with Gasteiger partial charge in [0.25, 0.3) is 11.8 Å². The lowest BCUT2D eigenvalue weighted by Crippen LogP contribution is -2.53. The van der Waals surface area contributed by atoms with Gasteiger partial charge in [-0.25, -0.2) is 0 Å². The Bertz CT molecular complexity index is 742. The Morgan fingerprint density at radius 3 is 2.21 bits per heavy atom. The Hall–Kier alpha value is -2.92. The van der Waals surface area contributed by atoms with Crippen molar-refractivity contribution in [2.24, 2.45) is 5.73 Å². The number of carbonyl (C=O) groups excluding carboxylic acids is 3. The fraction of sp³-hybridized carbons (Fsp3) is 0.353. The lowest BCUT2D eigenvalue weighted by molar-refractivity contribution is -0.143. The second kappa shape index (κ2) is 11.0. The number of carboxylic acid groups (broad SMARTS) is 2. The van der Waals surface area contributed by atoms with Gasteiger partial charge in [-0.05, 0) is 18.6 Å². The van der Waals surface area contributed by atoms with Crippen molar-refractivity contribution in [3.8, 4) is 0 Å². The first-order chi connectivity index (χ1) is 13.2. The van der Waals surface area contributed by atoms with Crippen LogP contribution >= 0.6 is 12.6 Å². The average Bonchev–Trinajstić information content (AvgIpc) is 2.67. The van der Waals surface area contributed by atoms with Crippen molar-refractivity contribution in [3.63, 3.8) is 0 Å². The predicted molar refractivity (Wildman–Crippen MR) is 101 cm³/mol. The number of carboxylic acids is 2. The Morgan fingerprint density at radius 1 is 1.11 bits per heavy atom. The van der Waals surface area contributed by atoms with Crippen LogP contribution in [-0.4, -0.2) is 69.2 Å². The summed E-state index contributed by atoms with van der Waals surface area (Å²) in [5.41, 5.74) is 5.42. The van der Waals surface area contributed by atoms with Crippen LogP contribution in [0.3, 0.4) is 0 Å². The van der Waals surface area contributed by atoms with Gasteiger partial charge in [0.05, 0.1) is 0 Å². The highest BCUT2D eigenvalue weighted by Crippen LogP contribution is 2.08. The second-order valence-corrected chi connectivity index (χ2v) is 6.14. The van der Waals surface area contributed by atoms with Gasteiger partial charge in [-0.15, -0.1) is 0 Å². The topological polar surface area (TPSA) is 167 Å². The Labute approximate surface area is 166 Å². The first-order valence-electron chi connectivity index (χ1n) is 8.18. The number of amides is 3. The van der Waals surface area contributed by atoms with Crippen molar-refractivity contribution in [1.29, 1.82) is 0 Å². The number of hydrogen-bond acceptors (Lipinski definition) is 7. The summed E-state index contributed by atoms with van der Waals surface area (Å²) < 4.78 is 0. The molecule has 0 aliphatic heterocycles. The van der Waals surface area contributed by atoms with Crippen LogP contribution in [0.5, 0.6) is 0 Å². The van der Waals surface area contributed by atoms with Crippen LogP contribution in [0.25, 0.3) is 0 Å². The molecule has 0 aromatic heterocycles. The molecule has 1 rings (SSSR count). The number of nitrogens with one attached hydrogen (secondary N) is 1. The fourth-order valence-electron chi connectivity index (χ4n) is 2.17. The number of nitrogens with two attached hydrogens (primary N) is 1. The molecule has 0 fully saturated rings. The number of rotatable bonds is 10. The molecule has 1 aromatic rings. The number of carbonyl (C=O) groups is 5. The van der Waals surface area contributed by atoms with Crippen LogP contribution in [0.2, 0.25) is 0 Å². The average molecular weight is 411 g/mol. The summed E-state index contributed by atoms with van der Waals surface area (Å²) in [4.78, 5) is 59.5. The fourth-order valence-corrected chi connectivity index (χ4v) is 2.42. The third-order valence-electron chi connectivity index (χ3n) is 3.64. The van der Waals surface area contributed by atoms with Crippen molar-refractivity contribution < 1.29 is 34.2 Å². The molecule has 3 amide bonds. The molecule has 10 nitrogen and oxygen atoms in total. The molecule has 0 aliphatic carbocycles. The second-order valence-electron chi connectivity index (χ2n) is 5.78. The predicted octanol–water partition coefficient (Wildman–Crippen LogP) is -0.653. The van der Waals surface area contributed by atoms with Crippen molar-refractivity contribution in [2.75, 3.05) is 12.3 Å². The number of nitrogens with zero attached hydrogens (tertiary/aromatic N) is 1. The van der Waals surface area contributed by atoms with E-state index in [1.165, 1.54) is 12.1 Å².